The monoisotopic (exact) mass is 435 g/mol. The first kappa shape index (κ1) is 23.9. The van der Waals surface area contributed by atoms with E-state index >= 15 is 0 Å². The van der Waals surface area contributed by atoms with Gasteiger partial charge in [0, 0.05) is 19.1 Å². The average Bonchev–Trinajstić information content (AvgIpc) is 3.00. The second-order valence-corrected chi connectivity index (χ2v) is 9.57. The fraction of sp³-hybridized carbons (Fsp3) is 0.524. The Morgan fingerprint density at radius 1 is 1.23 bits per heavy atom. The maximum atomic E-state index is 14.3. The number of carbonyl (C=O) groups excluding carboxylic acids is 2. The largest absolute Gasteiger partial charge is 0.350 e. The van der Waals surface area contributed by atoms with Gasteiger partial charge in [0.05, 0.1) is 17.9 Å². The summed E-state index contributed by atoms with van der Waals surface area (Å²) in [5.41, 5.74) is 0.0198. The molecule has 0 spiro atoms. The van der Waals surface area contributed by atoms with Crippen molar-refractivity contribution in [1.29, 1.82) is 0 Å². The van der Waals surface area contributed by atoms with Crippen LogP contribution in [0, 0.1) is 11.7 Å². The SMILES string of the molecule is CC(C)Cn1c(SCC(=O)N(C)CC(=O)NC(C)(C)C)nnc1-c1ccccc1F. The molecule has 0 aliphatic rings. The molecule has 0 saturated carbocycles. The minimum atomic E-state index is -0.368. The molecule has 2 rings (SSSR count). The molecule has 1 aromatic heterocycles. The third-order valence-electron chi connectivity index (χ3n) is 4.03. The van der Waals surface area contributed by atoms with Gasteiger partial charge in [0.1, 0.15) is 5.82 Å². The molecule has 0 saturated heterocycles. The van der Waals surface area contributed by atoms with Crippen LogP contribution < -0.4 is 5.32 Å². The molecular formula is C21H30FN5O2S. The van der Waals surface area contributed by atoms with Gasteiger partial charge in [0.15, 0.2) is 11.0 Å². The van der Waals surface area contributed by atoms with Crippen LogP contribution >= 0.6 is 11.8 Å². The van der Waals surface area contributed by atoms with Crippen LogP contribution in [0.3, 0.4) is 0 Å². The lowest BCUT2D eigenvalue weighted by molar-refractivity contribution is -0.133. The van der Waals surface area contributed by atoms with E-state index in [1.807, 2.05) is 39.2 Å². The number of hydrogen-bond donors (Lipinski definition) is 1. The highest BCUT2D eigenvalue weighted by atomic mass is 32.2. The summed E-state index contributed by atoms with van der Waals surface area (Å²) in [6.07, 6.45) is 0. The summed E-state index contributed by atoms with van der Waals surface area (Å²) >= 11 is 1.23. The topological polar surface area (TPSA) is 80.1 Å². The van der Waals surface area contributed by atoms with Crippen molar-refractivity contribution in [2.75, 3.05) is 19.3 Å². The molecule has 0 aliphatic heterocycles. The van der Waals surface area contributed by atoms with Crippen molar-refractivity contribution in [3.05, 3.63) is 30.1 Å². The summed E-state index contributed by atoms with van der Waals surface area (Å²) in [4.78, 5) is 25.9. The van der Waals surface area contributed by atoms with Crippen LogP contribution in [0.1, 0.15) is 34.6 Å². The second kappa shape index (κ2) is 10.1. The van der Waals surface area contributed by atoms with Crippen LogP contribution in [0.4, 0.5) is 4.39 Å². The Hall–Kier alpha value is -2.42. The van der Waals surface area contributed by atoms with Crippen LogP contribution in [-0.4, -0.2) is 56.4 Å². The predicted molar refractivity (Wildman–Crippen MR) is 117 cm³/mol. The molecule has 1 N–H and O–H groups in total. The molecule has 0 unspecified atom stereocenters. The van der Waals surface area contributed by atoms with Gasteiger partial charge in [-0.1, -0.05) is 37.7 Å². The predicted octanol–water partition coefficient (Wildman–Crippen LogP) is 3.21. The maximum absolute atomic E-state index is 14.3. The van der Waals surface area contributed by atoms with E-state index in [0.717, 1.165) is 0 Å². The Morgan fingerprint density at radius 3 is 2.50 bits per heavy atom. The molecule has 2 amide bonds. The zero-order valence-corrected chi connectivity index (χ0v) is 19.2. The van der Waals surface area contributed by atoms with Crippen LogP contribution in [0.5, 0.6) is 0 Å². The van der Waals surface area contributed by atoms with E-state index in [1.165, 1.54) is 22.7 Å². The van der Waals surface area contributed by atoms with E-state index in [4.69, 9.17) is 0 Å². The molecule has 7 nitrogen and oxygen atoms in total. The number of halogens is 1. The Kier molecular flexibility index (Phi) is 8.00. The Balaban J connectivity index is 2.10. The summed E-state index contributed by atoms with van der Waals surface area (Å²) in [6.45, 7) is 10.3. The molecule has 2 aromatic rings. The molecule has 30 heavy (non-hydrogen) atoms. The van der Waals surface area contributed by atoms with E-state index in [9.17, 15) is 14.0 Å². The lowest BCUT2D eigenvalue weighted by Gasteiger charge is -2.23. The lowest BCUT2D eigenvalue weighted by atomic mass is 10.1. The van der Waals surface area contributed by atoms with Crippen LogP contribution in [0.25, 0.3) is 11.4 Å². The third kappa shape index (κ3) is 6.83. The van der Waals surface area contributed by atoms with Crippen molar-refractivity contribution in [3.8, 4) is 11.4 Å². The second-order valence-electron chi connectivity index (χ2n) is 8.63. The first-order chi connectivity index (χ1) is 14.0. The van der Waals surface area contributed by atoms with Crippen LogP contribution in [-0.2, 0) is 16.1 Å². The van der Waals surface area contributed by atoms with Gasteiger partial charge >= 0.3 is 0 Å². The van der Waals surface area contributed by atoms with Crippen molar-refractivity contribution in [2.45, 2.75) is 51.9 Å². The lowest BCUT2D eigenvalue weighted by Crippen LogP contribution is -2.46. The van der Waals surface area contributed by atoms with Gasteiger partial charge in [0.25, 0.3) is 0 Å². The van der Waals surface area contributed by atoms with Gasteiger partial charge in [-0.05, 0) is 38.8 Å². The van der Waals surface area contributed by atoms with Crippen molar-refractivity contribution < 1.29 is 14.0 Å². The summed E-state index contributed by atoms with van der Waals surface area (Å²) in [7, 11) is 1.59. The summed E-state index contributed by atoms with van der Waals surface area (Å²) in [5, 5.41) is 11.7. The highest BCUT2D eigenvalue weighted by molar-refractivity contribution is 7.99. The van der Waals surface area contributed by atoms with E-state index in [0.29, 0.717) is 23.1 Å². The molecule has 0 atom stereocenters. The molecule has 1 aromatic carbocycles. The quantitative estimate of drug-likeness (QED) is 0.644. The summed E-state index contributed by atoms with van der Waals surface area (Å²) in [6, 6.07) is 6.43. The van der Waals surface area contributed by atoms with Crippen molar-refractivity contribution in [3.63, 3.8) is 0 Å². The third-order valence-corrected chi connectivity index (χ3v) is 4.98. The van der Waals surface area contributed by atoms with Gasteiger partial charge in [-0.3, -0.25) is 9.59 Å². The Bertz CT molecular complexity index is 892. The number of amides is 2. The number of thioether (sulfide) groups is 1. The maximum Gasteiger partial charge on any atom is 0.240 e. The van der Waals surface area contributed by atoms with Gasteiger partial charge in [-0.25, -0.2) is 4.39 Å². The fourth-order valence-corrected chi connectivity index (χ4v) is 3.65. The molecule has 0 fully saturated rings. The van der Waals surface area contributed by atoms with E-state index in [-0.39, 0.29) is 41.4 Å². The summed E-state index contributed by atoms with van der Waals surface area (Å²) < 4.78 is 16.1. The van der Waals surface area contributed by atoms with Gasteiger partial charge in [-0.2, -0.15) is 0 Å². The minimum absolute atomic E-state index is 0.0180. The zero-order chi connectivity index (χ0) is 22.5. The van der Waals surface area contributed by atoms with Gasteiger partial charge < -0.3 is 14.8 Å². The number of aromatic nitrogens is 3. The average molecular weight is 436 g/mol. The number of nitrogens with zero attached hydrogens (tertiary/aromatic N) is 4. The molecule has 9 heteroatoms. The van der Waals surface area contributed by atoms with Crippen molar-refractivity contribution in [1.82, 2.24) is 25.0 Å². The highest BCUT2D eigenvalue weighted by Crippen LogP contribution is 2.27. The van der Waals surface area contributed by atoms with Crippen LogP contribution in [0.15, 0.2) is 29.4 Å². The molecule has 0 bridgehead atoms. The Morgan fingerprint density at radius 2 is 1.90 bits per heavy atom. The van der Waals surface area contributed by atoms with Crippen molar-refractivity contribution in [2.24, 2.45) is 5.92 Å². The minimum Gasteiger partial charge on any atom is -0.350 e. The highest BCUT2D eigenvalue weighted by Gasteiger charge is 2.21. The summed E-state index contributed by atoms with van der Waals surface area (Å²) in [5.74, 6) is 0.0446. The molecule has 164 valence electrons. The number of benzene rings is 1. The van der Waals surface area contributed by atoms with E-state index in [1.54, 1.807) is 25.2 Å². The molecule has 0 radical (unpaired) electrons. The Labute approximate surface area is 181 Å². The van der Waals surface area contributed by atoms with E-state index < -0.39 is 0 Å². The van der Waals surface area contributed by atoms with Gasteiger partial charge in [-0.15, -0.1) is 10.2 Å². The van der Waals surface area contributed by atoms with Crippen LogP contribution in [0.2, 0.25) is 0 Å². The van der Waals surface area contributed by atoms with E-state index in [2.05, 4.69) is 15.5 Å². The molecular weight excluding hydrogens is 405 g/mol. The molecule has 1 heterocycles. The number of carbonyl (C=O) groups is 2. The smallest absolute Gasteiger partial charge is 0.240 e. The number of nitrogens with one attached hydrogen (secondary N) is 1. The normalized spacial score (nSPS) is 11.6. The fourth-order valence-electron chi connectivity index (χ4n) is 2.76. The number of likely N-dealkylation sites (N-methyl/N-ethyl adjacent to an activating group) is 1. The van der Waals surface area contributed by atoms with Crippen molar-refractivity contribution >= 4 is 23.6 Å². The first-order valence-electron chi connectivity index (χ1n) is 9.84. The molecule has 0 aliphatic carbocycles. The zero-order valence-electron chi connectivity index (χ0n) is 18.4. The number of hydrogen-bond acceptors (Lipinski definition) is 5. The standard InChI is InChI=1S/C21H30FN5O2S/c1-14(2)11-27-19(15-9-7-8-10-16(15)22)24-25-20(27)30-13-18(29)26(6)12-17(28)23-21(3,4)5/h7-10,14H,11-13H2,1-6H3,(H,23,28). The first-order valence-corrected chi connectivity index (χ1v) is 10.8. The van der Waals surface area contributed by atoms with Gasteiger partial charge in [0.2, 0.25) is 11.8 Å². The number of rotatable bonds is 8.